The van der Waals surface area contributed by atoms with Crippen LogP contribution in [0.25, 0.3) is 0 Å². The quantitative estimate of drug-likeness (QED) is 0.410. The Hall–Kier alpha value is -0.343. The van der Waals surface area contributed by atoms with Gasteiger partial charge in [-0.2, -0.15) is 0 Å². The lowest BCUT2D eigenvalue weighted by Crippen LogP contribution is -2.54. The van der Waals surface area contributed by atoms with Crippen molar-refractivity contribution in [1.29, 1.82) is 0 Å². The van der Waals surface area contributed by atoms with Crippen LogP contribution in [0.4, 0.5) is 0 Å². The number of hydrogen-bond acceptors (Lipinski definition) is 1. The van der Waals surface area contributed by atoms with Crippen molar-refractivity contribution in [1.82, 2.24) is 0 Å². The summed E-state index contributed by atoms with van der Waals surface area (Å²) >= 11 is 0. The Kier molecular flexibility index (Phi) is 4.61. The molecule has 2 bridgehead atoms. The Morgan fingerprint density at radius 3 is 2.00 bits per heavy atom. The lowest BCUT2D eigenvalue weighted by molar-refractivity contribution is -0.0220. The zero-order chi connectivity index (χ0) is 16.8. The highest BCUT2D eigenvalue weighted by Gasteiger charge is 2.57. The van der Waals surface area contributed by atoms with Gasteiger partial charge in [0.2, 0.25) is 0 Å². The molecule has 0 aliphatic heterocycles. The topological polar surface area (TPSA) is 9.23 Å². The molecule has 0 aromatic heterocycles. The minimum absolute atomic E-state index is 0.0511. The molecule has 0 N–H and O–H groups in total. The Morgan fingerprint density at radius 1 is 1.14 bits per heavy atom. The maximum Gasteiger partial charge on any atom is 0.192 e. The lowest BCUT2D eigenvalue weighted by atomic mass is 9.73. The highest BCUT2D eigenvalue weighted by Crippen LogP contribution is 2.57. The smallest absolute Gasteiger partial charge is 0.192 e. The second-order valence-electron chi connectivity index (χ2n) is 9.83. The molecule has 2 atom stereocenters. The zero-order valence-electron chi connectivity index (χ0n) is 15.8. The molecule has 1 saturated carbocycles. The molecule has 0 aromatic rings. The highest BCUT2D eigenvalue weighted by molar-refractivity contribution is 6.74. The second kappa shape index (κ2) is 5.63. The summed E-state index contributed by atoms with van der Waals surface area (Å²) in [6.07, 6.45) is 11.8. The third kappa shape index (κ3) is 3.14. The van der Waals surface area contributed by atoms with Gasteiger partial charge in [0, 0.05) is 11.8 Å². The monoisotopic (exact) mass is 320 g/mol. The molecule has 0 spiro atoms. The molecule has 2 unspecified atom stereocenters. The van der Waals surface area contributed by atoms with Gasteiger partial charge in [0.25, 0.3) is 0 Å². The highest BCUT2D eigenvalue weighted by atomic mass is 28.4. The maximum absolute atomic E-state index is 7.16. The van der Waals surface area contributed by atoms with Crippen LogP contribution in [0, 0.1) is 17.3 Å². The molecule has 1 nitrogen and oxygen atoms in total. The molecule has 2 rings (SSSR count). The van der Waals surface area contributed by atoms with Crippen LogP contribution < -0.4 is 0 Å². The molecule has 2 aliphatic carbocycles. The molecule has 0 heterocycles. The summed E-state index contributed by atoms with van der Waals surface area (Å²) in [4.78, 5) is 0. The molecular weight excluding hydrogens is 284 g/mol. The molecule has 0 saturated heterocycles. The summed E-state index contributed by atoms with van der Waals surface area (Å²) in [5, 5.41) is 0.268. The summed E-state index contributed by atoms with van der Waals surface area (Å²) < 4.78 is 7.16. The van der Waals surface area contributed by atoms with E-state index in [4.69, 9.17) is 4.43 Å². The normalized spacial score (nSPS) is 31.8. The standard InChI is InChI=1S/C20H36OSi/c1-9-14-19(5,6)15-20(16-10-11-17(20)13-12-16)21-22(7,8)18(2,3)4/h9-11,16-17H,1,12-15H2,2-8H3. The van der Waals surface area contributed by atoms with Crippen molar-refractivity contribution in [3.8, 4) is 0 Å². The van der Waals surface area contributed by atoms with Crippen LogP contribution in [0.5, 0.6) is 0 Å². The van der Waals surface area contributed by atoms with Crippen molar-refractivity contribution in [3.05, 3.63) is 24.8 Å². The van der Waals surface area contributed by atoms with Gasteiger partial charge in [-0.25, -0.2) is 0 Å². The van der Waals surface area contributed by atoms with E-state index < -0.39 is 8.32 Å². The van der Waals surface area contributed by atoms with E-state index in [2.05, 4.69) is 72.5 Å². The molecular formula is C20H36OSi. The first kappa shape index (κ1) is 18.0. The van der Waals surface area contributed by atoms with Crippen molar-refractivity contribution in [3.63, 3.8) is 0 Å². The van der Waals surface area contributed by atoms with Gasteiger partial charge in [-0.15, -0.1) is 6.58 Å². The summed E-state index contributed by atoms with van der Waals surface area (Å²) in [5.41, 5.74) is 0.312. The van der Waals surface area contributed by atoms with E-state index in [1.54, 1.807) is 0 Å². The van der Waals surface area contributed by atoms with E-state index in [0.29, 0.717) is 11.8 Å². The maximum atomic E-state index is 7.16. The Labute approximate surface area is 139 Å². The van der Waals surface area contributed by atoms with Gasteiger partial charge in [0.1, 0.15) is 0 Å². The Bertz CT molecular complexity index is 439. The van der Waals surface area contributed by atoms with Gasteiger partial charge >= 0.3 is 0 Å². The minimum atomic E-state index is -1.77. The number of hydrogen-bond donors (Lipinski definition) is 0. The predicted molar refractivity (Wildman–Crippen MR) is 99.6 cm³/mol. The number of allylic oxidation sites excluding steroid dienone is 1. The van der Waals surface area contributed by atoms with E-state index in [1.165, 1.54) is 12.8 Å². The van der Waals surface area contributed by atoms with Crippen LogP contribution in [-0.2, 0) is 4.43 Å². The first-order valence-corrected chi connectivity index (χ1v) is 11.8. The Morgan fingerprint density at radius 2 is 1.64 bits per heavy atom. The zero-order valence-corrected chi connectivity index (χ0v) is 16.8. The van der Waals surface area contributed by atoms with E-state index in [1.807, 2.05) is 0 Å². The molecule has 0 amide bonds. The lowest BCUT2D eigenvalue weighted by Gasteiger charge is -2.49. The van der Waals surface area contributed by atoms with Crippen molar-refractivity contribution < 1.29 is 4.43 Å². The third-order valence-corrected chi connectivity index (χ3v) is 10.8. The van der Waals surface area contributed by atoms with Crippen LogP contribution in [0.2, 0.25) is 18.1 Å². The van der Waals surface area contributed by atoms with E-state index in [9.17, 15) is 0 Å². The summed E-state index contributed by atoms with van der Waals surface area (Å²) in [7, 11) is -1.77. The van der Waals surface area contributed by atoms with Crippen LogP contribution in [0.15, 0.2) is 24.8 Å². The number of fused-ring (bicyclic) bond motifs is 2. The predicted octanol–water partition coefficient (Wildman–Crippen LogP) is 6.34. The fraction of sp³-hybridized carbons (Fsp3) is 0.800. The number of rotatable bonds is 6. The van der Waals surface area contributed by atoms with Crippen LogP contribution in [0.3, 0.4) is 0 Å². The van der Waals surface area contributed by atoms with Gasteiger partial charge in [-0.1, -0.05) is 52.8 Å². The fourth-order valence-corrected chi connectivity index (χ4v) is 5.83. The second-order valence-corrected chi connectivity index (χ2v) is 14.6. The average molecular weight is 321 g/mol. The molecule has 2 aliphatic rings. The van der Waals surface area contributed by atoms with Crippen molar-refractivity contribution in [2.45, 2.75) is 84.0 Å². The molecule has 0 aromatic carbocycles. The SMILES string of the molecule is C=CCC(C)(C)CC1(O[Si](C)(C)C(C)(C)C)C2C=CC1CC2. The van der Waals surface area contributed by atoms with Gasteiger partial charge in [0.15, 0.2) is 8.32 Å². The molecule has 2 heteroatoms. The summed E-state index contributed by atoms with van der Waals surface area (Å²) in [5.74, 6) is 1.24. The first-order chi connectivity index (χ1) is 9.94. The molecule has 1 fully saturated rings. The summed E-state index contributed by atoms with van der Waals surface area (Å²) in [6, 6.07) is 0. The third-order valence-electron chi connectivity index (χ3n) is 6.32. The molecule has 22 heavy (non-hydrogen) atoms. The van der Waals surface area contributed by atoms with Crippen molar-refractivity contribution in [2.24, 2.45) is 17.3 Å². The fourth-order valence-electron chi connectivity index (χ4n) is 4.20. The van der Waals surface area contributed by atoms with Crippen LogP contribution in [0.1, 0.15) is 60.3 Å². The molecule has 126 valence electrons. The van der Waals surface area contributed by atoms with Gasteiger partial charge in [-0.3, -0.25) is 0 Å². The van der Waals surface area contributed by atoms with Gasteiger partial charge in [0.05, 0.1) is 5.60 Å². The van der Waals surface area contributed by atoms with Crippen molar-refractivity contribution >= 4 is 8.32 Å². The van der Waals surface area contributed by atoms with Gasteiger partial charge < -0.3 is 4.43 Å². The molecule has 0 radical (unpaired) electrons. The Balaban J connectivity index is 2.32. The van der Waals surface area contributed by atoms with Crippen LogP contribution in [-0.4, -0.2) is 13.9 Å². The average Bonchev–Trinajstić information content (AvgIpc) is 2.80. The van der Waals surface area contributed by atoms with Crippen LogP contribution >= 0.6 is 0 Å². The first-order valence-electron chi connectivity index (χ1n) is 8.93. The van der Waals surface area contributed by atoms with Gasteiger partial charge in [-0.05, 0) is 49.2 Å². The van der Waals surface area contributed by atoms with E-state index >= 15 is 0 Å². The minimum Gasteiger partial charge on any atom is -0.410 e. The van der Waals surface area contributed by atoms with Crippen molar-refractivity contribution in [2.75, 3.05) is 0 Å². The summed E-state index contributed by atoms with van der Waals surface area (Å²) in [6.45, 7) is 20.6. The van der Waals surface area contributed by atoms with E-state index in [-0.39, 0.29) is 16.1 Å². The largest absolute Gasteiger partial charge is 0.410 e. The van der Waals surface area contributed by atoms with E-state index in [0.717, 1.165) is 12.8 Å².